The number of carbonyl (C=O) groups excluding carboxylic acids is 1. The number of ether oxygens (including phenoxy) is 1. The first-order valence-electron chi connectivity index (χ1n) is 34.1. The summed E-state index contributed by atoms with van der Waals surface area (Å²) >= 11 is 0. The number of carboxylic acid groups (broad SMARTS) is 1. The van der Waals surface area contributed by atoms with E-state index in [1.807, 2.05) is 0 Å². The van der Waals surface area contributed by atoms with E-state index in [0.29, 0.717) is 17.8 Å². The molecule has 0 saturated carbocycles. The minimum absolute atomic E-state index is 0.00129. The lowest BCUT2D eigenvalue weighted by Crippen LogP contribution is -2.63. The molecule has 6 heteroatoms. The van der Waals surface area contributed by atoms with Crippen LogP contribution in [0, 0.1) is 23.7 Å². The van der Waals surface area contributed by atoms with Crippen LogP contribution in [0.5, 0.6) is 0 Å². The molecular weight excluding hydrogens is 909 g/mol. The quantitative estimate of drug-likeness (QED) is 0.0484. The van der Waals surface area contributed by atoms with Crippen LogP contribution < -0.4 is 0 Å². The van der Waals surface area contributed by atoms with Crippen LogP contribution in [0.25, 0.3) is 0 Å². The minimum atomic E-state index is -0.681. The molecule has 0 aromatic rings. The van der Waals surface area contributed by atoms with Gasteiger partial charge < -0.3 is 9.84 Å². The van der Waals surface area contributed by atoms with Gasteiger partial charge in [0.15, 0.2) is 0 Å². The van der Waals surface area contributed by atoms with Crippen molar-refractivity contribution in [3.05, 3.63) is 0 Å². The number of piperidine rings is 2. The van der Waals surface area contributed by atoms with Gasteiger partial charge in [-0.25, -0.2) is 0 Å². The zero-order valence-electron chi connectivity index (χ0n) is 51.5. The second-order valence-corrected chi connectivity index (χ2v) is 25.0. The fourth-order valence-corrected chi connectivity index (χ4v) is 14.9. The highest BCUT2D eigenvalue weighted by Gasteiger charge is 2.54. The fraction of sp³-hybridized carbons (Fsp3) is 0.971. The van der Waals surface area contributed by atoms with Crippen LogP contribution in [-0.2, 0) is 14.3 Å². The number of carboxylic acids is 1. The van der Waals surface area contributed by atoms with Crippen molar-refractivity contribution in [1.82, 2.24) is 9.80 Å². The number of aliphatic carboxylic acids is 1. The van der Waals surface area contributed by atoms with Crippen molar-refractivity contribution in [2.45, 2.75) is 374 Å². The summed E-state index contributed by atoms with van der Waals surface area (Å²) in [6.07, 6.45) is 57.4. The van der Waals surface area contributed by atoms with Crippen molar-refractivity contribution in [2.24, 2.45) is 23.7 Å². The smallest absolute Gasteiger partial charge is 0.309 e. The number of carbonyl (C=O) groups is 2. The Kier molecular flexibility index (Phi) is 41.6. The molecule has 2 heterocycles. The van der Waals surface area contributed by atoms with Gasteiger partial charge in [0.05, 0.1) is 5.92 Å². The van der Waals surface area contributed by atoms with E-state index in [-0.39, 0.29) is 35.5 Å². The molecule has 2 saturated heterocycles. The molecule has 6 nitrogen and oxygen atoms in total. The van der Waals surface area contributed by atoms with E-state index in [4.69, 9.17) is 4.74 Å². The Morgan fingerprint density at radius 3 is 1.22 bits per heavy atom. The molecular formula is C68H132N2O4. The van der Waals surface area contributed by atoms with Crippen LogP contribution in [0.3, 0.4) is 0 Å². The number of hydrogen-bond acceptors (Lipinski definition) is 5. The molecule has 2 aliphatic heterocycles. The fourth-order valence-electron chi connectivity index (χ4n) is 14.9. The van der Waals surface area contributed by atoms with E-state index < -0.39 is 5.97 Å². The van der Waals surface area contributed by atoms with E-state index in [1.165, 1.54) is 257 Å². The van der Waals surface area contributed by atoms with Crippen LogP contribution >= 0.6 is 0 Å². The van der Waals surface area contributed by atoms with E-state index in [2.05, 4.69) is 65.2 Å². The van der Waals surface area contributed by atoms with Crippen molar-refractivity contribution in [3.63, 3.8) is 0 Å². The molecule has 2 rings (SSSR count). The van der Waals surface area contributed by atoms with Gasteiger partial charge in [0.25, 0.3) is 0 Å². The van der Waals surface area contributed by atoms with Gasteiger partial charge in [-0.3, -0.25) is 19.4 Å². The summed E-state index contributed by atoms with van der Waals surface area (Å²) in [5.41, 5.74) is 0.251. The summed E-state index contributed by atoms with van der Waals surface area (Å²) in [5.74, 6) is 0.713. The minimum Gasteiger partial charge on any atom is -0.481 e. The lowest BCUT2D eigenvalue weighted by molar-refractivity contribution is -0.176. The molecule has 0 amide bonds. The van der Waals surface area contributed by atoms with E-state index >= 15 is 4.79 Å². The Morgan fingerprint density at radius 1 is 0.432 bits per heavy atom. The van der Waals surface area contributed by atoms with Crippen molar-refractivity contribution >= 4 is 11.9 Å². The van der Waals surface area contributed by atoms with Gasteiger partial charge in [-0.2, -0.15) is 0 Å². The number of hydrogen-bond donors (Lipinski definition) is 1. The van der Waals surface area contributed by atoms with Gasteiger partial charge in [-0.15, -0.1) is 0 Å². The molecule has 2 aliphatic rings. The highest BCUT2D eigenvalue weighted by atomic mass is 16.5. The number of esters is 1. The Labute approximate surface area is 463 Å². The Morgan fingerprint density at radius 2 is 0.784 bits per heavy atom. The Bertz CT molecular complexity index is 1280. The molecule has 2 fully saturated rings. The van der Waals surface area contributed by atoms with Crippen LogP contribution in [0.4, 0.5) is 0 Å². The molecule has 0 aromatic heterocycles. The predicted octanol–water partition coefficient (Wildman–Crippen LogP) is 21.1. The van der Waals surface area contributed by atoms with Gasteiger partial charge in [-0.1, -0.05) is 274 Å². The Hall–Kier alpha value is -1.14. The third-order valence-corrected chi connectivity index (χ3v) is 19.2. The van der Waals surface area contributed by atoms with Gasteiger partial charge >= 0.3 is 11.9 Å². The third kappa shape index (κ3) is 26.2. The zero-order valence-corrected chi connectivity index (χ0v) is 51.5. The van der Waals surface area contributed by atoms with Gasteiger partial charge in [0, 0.05) is 30.0 Å². The lowest BCUT2D eigenvalue weighted by atomic mass is 9.60. The summed E-state index contributed by atoms with van der Waals surface area (Å²) < 4.78 is 7.56. The van der Waals surface area contributed by atoms with Crippen molar-refractivity contribution < 1.29 is 19.4 Å². The first-order chi connectivity index (χ1) is 36.2. The van der Waals surface area contributed by atoms with Gasteiger partial charge in [-0.05, 0) is 109 Å². The lowest BCUT2D eigenvalue weighted by Gasteiger charge is -2.58. The molecule has 1 N–H and O–H groups in total. The molecule has 0 bridgehead atoms. The summed E-state index contributed by atoms with van der Waals surface area (Å²) in [6.45, 7) is 23.5. The molecule has 5 atom stereocenters. The number of unbranched alkanes of at least 4 members (excludes halogenated alkanes) is 28. The summed E-state index contributed by atoms with van der Waals surface area (Å²) in [5, 5.41) is 9.41. The summed E-state index contributed by atoms with van der Waals surface area (Å²) in [7, 11) is 0. The van der Waals surface area contributed by atoms with Crippen LogP contribution in [0.15, 0.2) is 0 Å². The first-order valence-corrected chi connectivity index (χ1v) is 34.1. The average molecular weight is 1040 g/mol. The highest BCUT2D eigenvalue weighted by molar-refractivity contribution is 5.73. The monoisotopic (exact) mass is 1040 g/mol. The largest absolute Gasteiger partial charge is 0.481 e. The second-order valence-electron chi connectivity index (χ2n) is 25.0. The molecule has 438 valence electrons. The summed E-state index contributed by atoms with van der Waals surface area (Å²) in [4.78, 5) is 33.7. The molecule has 74 heavy (non-hydrogen) atoms. The molecule has 0 spiro atoms. The molecule has 0 aliphatic carbocycles. The normalized spacial score (nSPS) is 20.5. The van der Waals surface area contributed by atoms with Crippen LogP contribution in [0.2, 0.25) is 0 Å². The zero-order chi connectivity index (χ0) is 54.0. The molecule has 0 radical (unpaired) electrons. The summed E-state index contributed by atoms with van der Waals surface area (Å²) in [6, 6.07) is 0. The SMILES string of the molecule is CCCCCCC1C(OC(=O)C(CCCCCCCC(=O)O)C2CCN(CCCCCC)C(CCCCCC)(CCCCCC)C2CCCCCC)CCN(CCCCCC)C1(CCCCCC)CCCCCC. The first kappa shape index (κ1) is 69.0. The van der Waals surface area contributed by atoms with Gasteiger partial charge in [0.2, 0.25) is 0 Å². The third-order valence-electron chi connectivity index (χ3n) is 19.2. The van der Waals surface area contributed by atoms with E-state index in [0.717, 1.165) is 64.5 Å². The predicted molar refractivity (Wildman–Crippen MR) is 322 cm³/mol. The molecule has 5 unspecified atom stereocenters. The van der Waals surface area contributed by atoms with Crippen molar-refractivity contribution in [1.29, 1.82) is 0 Å². The molecule has 0 aromatic carbocycles. The van der Waals surface area contributed by atoms with Crippen molar-refractivity contribution in [3.8, 4) is 0 Å². The standard InChI is InChI=1S/C68H132N2O4/c1-9-17-25-37-47-62-60(50-58-69(56-44-31-23-15-7)67(62,52-40-27-19-11-3)53-41-28-20-12-4)61(46-36-34-33-35-39-49-65(71)72)66(73)74-64-51-59-70(57-45-32-24-16-8)68(54-42-29-21-13-5,55-43-30-22-14-6)63(64)48-38-26-18-10-2/h60-64H,9-59H2,1-8H3,(H,71,72). The van der Waals surface area contributed by atoms with Crippen LogP contribution in [-0.4, -0.2) is 70.2 Å². The Balaban J connectivity index is 2.85. The average Bonchev–Trinajstić information content (AvgIpc) is 3.39. The maximum absolute atomic E-state index is 16.2. The number of nitrogens with zero attached hydrogens (tertiary/aromatic N) is 2. The van der Waals surface area contributed by atoms with Crippen molar-refractivity contribution in [2.75, 3.05) is 26.2 Å². The van der Waals surface area contributed by atoms with E-state index in [9.17, 15) is 9.90 Å². The number of likely N-dealkylation sites (tertiary alicyclic amines) is 2. The maximum Gasteiger partial charge on any atom is 0.309 e. The van der Waals surface area contributed by atoms with Gasteiger partial charge in [0.1, 0.15) is 6.10 Å². The topological polar surface area (TPSA) is 70.1 Å². The number of rotatable bonds is 51. The van der Waals surface area contributed by atoms with Crippen LogP contribution in [0.1, 0.15) is 357 Å². The maximum atomic E-state index is 16.2. The highest BCUT2D eigenvalue weighted by Crippen LogP contribution is 2.52. The second kappa shape index (κ2) is 44.7. The van der Waals surface area contributed by atoms with E-state index in [1.54, 1.807) is 0 Å².